The van der Waals surface area contributed by atoms with E-state index >= 15 is 0 Å². The van der Waals surface area contributed by atoms with E-state index in [0.717, 1.165) is 0 Å². The molecule has 0 fully saturated rings. The van der Waals surface area contributed by atoms with E-state index in [4.69, 9.17) is 16.3 Å². The zero-order chi connectivity index (χ0) is 15.3. The molecule has 0 spiro atoms. The lowest BCUT2D eigenvalue weighted by Crippen LogP contribution is -2.28. The molecular weight excluding hydrogens is 280 g/mol. The Labute approximate surface area is 123 Å². The van der Waals surface area contributed by atoms with Crippen molar-refractivity contribution in [2.45, 2.75) is 26.4 Å². The van der Waals surface area contributed by atoms with Crippen LogP contribution in [-0.2, 0) is 4.74 Å². The van der Waals surface area contributed by atoms with E-state index in [1.807, 2.05) is 0 Å². The third-order valence-corrected chi connectivity index (χ3v) is 2.49. The quantitative estimate of drug-likeness (QED) is 0.838. The summed E-state index contributed by atoms with van der Waals surface area (Å²) in [5.41, 5.74) is 0.118. The standard InChI is InChI=1S/C14H19ClN2O3/c1-14(2,3)20-13(19)17-11-6-5-9(15)7-10(11)12(18)8-16-4/h5-7,16H,8H2,1-4H3,(H,17,19). The number of Topliss-reactive ketones (excluding diaryl/α,β-unsaturated/α-hetero) is 1. The fourth-order valence-corrected chi connectivity index (χ4v) is 1.70. The summed E-state index contributed by atoms with van der Waals surface area (Å²) in [6.45, 7) is 5.45. The number of rotatable bonds is 4. The number of likely N-dealkylation sites (N-methyl/N-ethyl adjacent to an activating group) is 1. The Morgan fingerprint density at radius 3 is 2.50 bits per heavy atom. The molecule has 2 N–H and O–H groups in total. The van der Waals surface area contributed by atoms with Gasteiger partial charge < -0.3 is 10.1 Å². The molecule has 0 saturated carbocycles. The number of ketones is 1. The number of carbonyl (C=O) groups is 2. The Morgan fingerprint density at radius 2 is 1.95 bits per heavy atom. The molecule has 0 radical (unpaired) electrons. The van der Waals surface area contributed by atoms with E-state index in [1.165, 1.54) is 6.07 Å². The van der Waals surface area contributed by atoms with Crippen LogP contribution in [0.3, 0.4) is 0 Å². The zero-order valence-corrected chi connectivity index (χ0v) is 12.8. The number of hydrogen-bond acceptors (Lipinski definition) is 4. The molecule has 110 valence electrons. The van der Waals surface area contributed by atoms with Crippen molar-refractivity contribution in [3.63, 3.8) is 0 Å². The van der Waals surface area contributed by atoms with E-state index in [1.54, 1.807) is 40.0 Å². The van der Waals surface area contributed by atoms with Crippen molar-refractivity contribution in [2.75, 3.05) is 18.9 Å². The predicted octanol–water partition coefficient (Wildman–Crippen LogP) is 3.09. The second-order valence-electron chi connectivity index (χ2n) is 5.27. The highest BCUT2D eigenvalue weighted by Crippen LogP contribution is 2.22. The predicted molar refractivity (Wildman–Crippen MR) is 79.6 cm³/mol. The van der Waals surface area contributed by atoms with Gasteiger partial charge in [-0.25, -0.2) is 4.79 Å². The monoisotopic (exact) mass is 298 g/mol. The number of anilines is 1. The van der Waals surface area contributed by atoms with Gasteiger partial charge in [0.25, 0.3) is 0 Å². The van der Waals surface area contributed by atoms with E-state index in [2.05, 4.69) is 10.6 Å². The summed E-state index contributed by atoms with van der Waals surface area (Å²) in [5, 5.41) is 5.76. The maximum absolute atomic E-state index is 12.0. The van der Waals surface area contributed by atoms with E-state index in [9.17, 15) is 9.59 Å². The van der Waals surface area contributed by atoms with Gasteiger partial charge in [0.05, 0.1) is 12.2 Å². The number of ether oxygens (including phenoxy) is 1. The van der Waals surface area contributed by atoms with Gasteiger partial charge in [-0.1, -0.05) is 11.6 Å². The molecule has 1 rings (SSSR count). The first-order valence-electron chi connectivity index (χ1n) is 6.20. The Hall–Kier alpha value is -1.59. The average molecular weight is 299 g/mol. The first-order valence-corrected chi connectivity index (χ1v) is 6.58. The molecule has 5 nitrogen and oxygen atoms in total. The van der Waals surface area contributed by atoms with Crippen LogP contribution in [0, 0.1) is 0 Å². The normalized spacial score (nSPS) is 11.1. The van der Waals surface area contributed by atoms with Crippen molar-refractivity contribution in [1.29, 1.82) is 0 Å². The highest BCUT2D eigenvalue weighted by Gasteiger charge is 2.19. The fourth-order valence-electron chi connectivity index (χ4n) is 1.53. The van der Waals surface area contributed by atoms with Crippen molar-refractivity contribution in [3.8, 4) is 0 Å². The molecule has 0 aliphatic heterocycles. The topological polar surface area (TPSA) is 67.4 Å². The Kier molecular flexibility index (Phi) is 5.53. The average Bonchev–Trinajstić information content (AvgIpc) is 2.29. The molecule has 0 bridgehead atoms. The van der Waals surface area contributed by atoms with Crippen LogP contribution in [0.25, 0.3) is 0 Å². The minimum atomic E-state index is -0.613. The largest absolute Gasteiger partial charge is 0.444 e. The molecule has 1 amide bonds. The van der Waals surface area contributed by atoms with Crippen LogP contribution < -0.4 is 10.6 Å². The van der Waals surface area contributed by atoms with Gasteiger partial charge in [0, 0.05) is 10.6 Å². The van der Waals surface area contributed by atoms with E-state index in [0.29, 0.717) is 16.3 Å². The number of amides is 1. The van der Waals surface area contributed by atoms with Crippen LogP contribution in [0.15, 0.2) is 18.2 Å². The number of benzene rings is 1. The smallest absolute Gasteiger partial charge is 0.412 e. The SMILES string of the molecule is CNCC(=O)c1cc(Cl)ccc1NC(=O)OC(C)(C)C. The van der Waals surface area contributed by atoms with Gasteiger partial charge in [0.1, 0.15) is 5.60 Å². The van der Waals surface area contributed by atoms with Gasteiger partial charge >= 0.3 is 6.09 Å². The molecule has 0 atom stereocenters. The molecule has 0 saturated heterocycles. The lowest BCUT2D eigenvalue weighted by atomic mass is 10.1. The van der Waals surface area contributed by atoms with Crippen molar-refractivity contribution in [1.82, 2.24) is 5.32 Å². The van der Waals surface area contributed by atoms with Gasteiger partial charge in [-0.2, -0.15) is 0 Å². The number of carbonyl (C=O) groups excluding carboxylic acids is 2. The molecular formula is C14H19ClN2O3. The van der Waals surface area contributed by atoms with Crippen LogP contribution in [0.5, 0.6) is 0 Å². The third kappa shape index (κ3) is 5.19. The minimum absolute atomic E-state index is 0.156. The van der Waals surface area contributed by atoms with Crippen molar-refractivity contribution < 1.29 is 14.3 Å². The molecule has 1 aromatic carbocycles. The third-order valence-electron chi connectivity index (χ3n) is 2.25. The summed E-state index contributed by atoms with van der Waals surface area (Å²) >= 11 is 5.89. The van der Waals surface area contributed by atoms with E-state index in [-0.39, 0.29) is 12.3 Å². The number of hydrogen-bond donors (Lipinski definition) is 2. The Bertz CT molecular complexity index is 510. The van der Waals surface area contributed by atoms with Crippen LogP contribution in [0.1, 0.15) is 31.1 Å². The first-order chi connectivity index (χ1) is 9.23. The fraction of sp³-hybridized carbons (Fsp3) is 0.429. The molecule has 0 aromatic heterocycles. The summed E-state index contributed by atoms with van der Waals surface area (Å²) in [4.78, 5) is 23.7. The molecule has 1 aromatic rings. The Morgan fingerprint density at radius 1 is 1.30 bits per heavy atom. The second-order valence-corrected chi connectivity index (χ2v) is 5.71. The summed E-state index contributed by atoms with van der Waals surface area (Å²) in [6, 6.07) is 4.70. The maximum Gasteiger partial charge on any atom is 0.412 e. The van der Waals surface area contributed by atoms with Gasteiger partial charge in [-0.3, -0.25) is 10.1 Å². The lowest BCUT2D eigenvalue weighted by Gasteiger charge is -2.20. The summed E-state index contributed by atoms with van der Waals surface area (Å²) in [6.07, 6.45) is -0.613. The van der Waals surface area contributed by atoms with Crippen molar-refractivity contribution in [3.05, 3.63) is 28.8 Å². The first kappa shape index (κ1) is 16.5. The van der Waals surface area contributed by atoms with Crippen molar-refractivity contribution >= 4 is 29.2 Å². The minimum Gasteiger partial charge on any atom is -0.444 e. The molecule has 20 heavy (non-hydrogen) atoms. The van der Waals surface area contributed by atoms with Crippen molar-refractivity contribution in [2.24, 2.45) is 0 Å². The second kappa shape index (κ2) is 6.72. The lowest BCUT2D eigenvalue weighted by molar-refractivity contribution is 0.0636. The summed E-state index contributed by atoms with van der Waals surface area (Å²) in [7, 11) is 1.67. The summed E-state index contributed by atoms with van der Waals surface area (Å²) < 4.78 is 5.16. The maximum atomic E-state index is 12.0. The van der Waals surface area contributed by atoms with Crippen LogP contribution >= 0.6 is 11.6 Å². The molecule has 0 unspecified atom stereocenters. The van der Waals surface area contributed by atoms with Crippen LogP contribution in [0.4, 0.5) is 10.5 Å². The molecule has 6 heteroatoms. The van der Waals surface area contributed by atoms with Crippen LogP contribution in [0.2, 0.25) is 5.02 Å². The molecule has 0 heterocycles. The van der Waals surface area contributed by atoms with Gasteiger partial charge in [0.2, 0.25) is 0 Å². The van der Waals surface area contributed by atoms with Gasteiger partial charge in [-0.15, -0.1) is 0 Å². The number of halogens is 1. The zero-order valence-electron chi connectivity index (χ0n) is 12.0. The van der Waals surface area contributed by atoms with E-state index < -0.39 is 11.7 Å². The van der Waals surface area contributed by atoms with Crippen LogP contribution in [-0.4, -0.2) is 31.1 Å². The highest BCUT2D eigenvalue weighted by atomic mass is 35.5. The summed E-state index contributed by atoms with van der Waals surface area (Å²) in [5.74, 6) is -0.166. The molecule has 0 aliphatic carbocycles. The van der Waals surface area contributed by atoms with Gasteiger partial charge in [0.15, 0.2) is 5.78 Å². The Balaban J connectivity index is 2.94. The number of nitrogens with one attached hydrogen (secondary N) is 2. The highest BCUT2D eigenvalue weighted by molar-refractivity contribution is 6.31. The van der Waals surface area contributed by atoms with Gasteiger partial charge in [-0.05, 0) is 46.0 Å². The molecule has 0 aliphatic rings.